The number of carbonyl (C=O) groups excluding carboxylic acids is 1. The average molecular weight is 552 g/mol. The van der Waals surface area contributed by atoms with Gasteiger partial charge in [-0.15, -0.1) is 0 Å². The van der Waals surface area contributed by atoms with Gasteiger partial charge >= 0.3 is 12.1 Å². The molecule has 0 heterocycles. The van der Waals surface area contributed by atoms with Gasteiger partial charge in [0.15, 0.2) is 0 Å². The Labute approximate surface area is 150 Å². The molecule has 0 bridgehead atoms. The number of hydrogen-bond donors (Lipinski definition) is 1. The van der Waals surface area contributed by atoms with E-state index in [1.807, 2.05) is 18.6 Å². The zero-order valence-corrected chi connectivity index (χ0v) is 16.3. The molecule has 0 unspecified atom stereocenters. The molecule has 1 aliphatic carbocycles. The first-order chi connectivity index (χ1) is 10.8. The minimum absolute atomic E-state index is 0.0604. The minimum atomic E-state index is -4.53. The van der Waals surface area contributed by atoms with Gasteiger partial charge in [0, 0.05) is 15.0 Å². The highest BCUT2D eigenvalue weighted by Gasteiger charge is 2.38. The monoisotopic (exact) mass is 552 g/mol. The SMILES string of the molecule is COC(=O)/C(C(=II)c1ccccc1C(F)(F)F)=C(/O)C1CC1. The van der Waals surface area contributed by atoms with Gasteiger partial charge in [0.2, 0.25) is 0 Å². The highest BCUT2D eigenvalue weighted by Crippen LogP contribution is 2.40. The maximum absolute atomic E-state index is 13.3. The Balaban J connectivity index is 2.64. The summed E-state index contributed by atoms with van der Waals surface area (Å²) in [6, 6.07) is 5.11. The van der Waals surface area contributed by atoms with Gasteiger partial charge < -0.3 is 9.84 Å². The van der Waals surface area contributed by atoms with Crippen LogP contribution < -0.4 is 0 Å². The number of carbonyl (C=O) groups is 1. The molecular weight excluding hydrogens is 539 g/mol. The van der Waals surface area contributed by atoms with Crippen molar-refractivity contribution < 1.29 is 27.8 Å². The number of benzene rings is 1. The standard InChI is InChI=1S/C15H13F3I2O3/c1-23-14(22)11(13(21)8-6-7-8)12(20-19)9-4-2-3-5-10(9)15(16,17)18/h2-5,8,21H,6-7H2,1H3/b13-11+. The Hall–Kier alpha value is -0.650. The summed E-state index contributed by atoms with van der Waals surface area (Å²) < 4.78 is 44.7. The van der Waals surface area contributed by atoms with Crippen molar-refractivity contribution in [2.75, 3.05) is 7.11 Å². The van der Waals surface area contributed by atoms with Crippen LogP contribution in [0.5, 0.6) is 0 Å². The van der Waals surface area contributed by atoms with Crippen LogP contribution in [0.25, 0.3) is 0 Å². The zero-order chi connectivity index (χ0) is 17.2. The van der Waals surface area contributed by atoms with Crippen molar-refractivity contribution in [3.8, 4) is 0 Å². The van der Waals surface area contributed by atoms with Crippen LogP contribution in [0.3, 0.4) is 0 Å². The molecule has 0 atom stereocenters. The summed E-state index contributed by atoms with van der Waals surface area (Å²) in [6.45, 7) is 0. The average Bonchev–Trinajstić information content (AvgIpc) is 3.35. The number of halogens is 5. The van der Waals surface area contributed by atoms with E-state index in [4.69, 9.17) is 4.74 Å². The molecule has 1 fully saturated rings. The molecule has 1 aromatic rings. The molecule has 1 N–H and O–H groups in total. The predicted octanol–water partition coefficient (Wildman–Crippen LogP) is 4.94. The first-order valence-corrected chi connectivity index (χ1v) is 14.0. The first kappa shape index (κ1) is 18.7. The number of methoxy groups -OCH3 is 1. The molecule has 1 aliphatic rings. The number of allylic oxidation sites excluding steroid dienone is 1. The van der Waals surface area contributed by atoms with Gasteiger partial charge in [0.05, 0.1) is 12.7 Å². The van der Waals surface area contributed by atoms with Crippen LogP contribution in [0.1, 0.15) is 24.0 Å². The second-order valence-corrected chi connectivity index (χ2v) is 9.18. The Morgan fingerprint density at radius 2 is 1.96 bits per heavy atom. The summed E-state index contributed by atoms with van der Waals surface area (Å²) in [5.41, 5.74) is -0.972. The lowest BCUT2D eigenvalue weighted by Crippen LogP contribution is -2.20. The molecule has 2 rings (SSSR count). The summed E-state index contributed by atoms with van der Waals surface area (Å²) >= 11 is 1.05. The van der Waals surface area contributed by atoms with E-state index in [2.05, 4.69) is 0 Å². The summed E-state index contributed by atoms with van der Waals surface area (Å²) in [4.78, 5) is 12.1. The quantitative estimate of drug-likeness (QED) is 0.249. The van der Waals surface area contributed by atoms with Gasteiger partial charge in [0.25, 0.3) is 0 Å². The molecule has 0 amide bonds. The van der Waals surface area contributed by atoms with Crippen LogP contribution >= 0.6 is 35.4 Å². The number of aliphatic hydroxyl groups is 1. The highest BCUT2D eigenvalue weighted by molar-refractivity contribution is 15.0. The molecule has 0 aromatic heterocycles. The molecule has 1 saturated carbocycles. The number of aliphatic hydroxyl groups excluding tert-OH is 1. The third kappa shape index (κ3) is 4.25. The van der Waals surface area contributed by atoms with Crippen molar-refractivity contribution in [3.05, 3.63) is 46.7 Å². The van der Waals surface area contributed by atoms with E-state index in [0.717, 1.165) is 26.0 Å². The predicted molar refractivity (Wildman–Crippen MR) is 98.0 cm³/mol. The summed E-state index contributed by atoms with van der Waals surface area (Å²) in [5.74, 6) is -1.11. The van der Waals surface area contributed by atoms with E-state index in [-0.39, 0.29) is 26.3 Å². The van der Waals surface area contributed by atoms with Crippen molar-refractivity contribution in [2.24, 2.45) is 5.92 Å². The Morgan fingerprint density at radius 1 is 1.35 bits per heavy atom. The van der Waals surface area contributed by atoms with Crippen molar-refractivity contribution in [1.82, 2.24) is 0 Å². The topological polar surface area (TPSA) is 46.5 Å². The van der Waals surface area contributed by atoms with Gasteiger partial charge in [0.1, 0.15) is 11.3 Å². The minimum Gasteiger partial charge on any atom is -0.511 e. The Bertz CT molecular complexity index is 677. The third-order valence-corrected chi connectivity index (χ3v) is 7.63. The molecular formula is C15H13F3I2O3. The van der Waals surface area contributed by atoms with Gasteiger partial charge in [-0.2, -0.15) is 13.2 Å². The number of esters is 1. The second kappa shape index (κ2) is 7.49. The fourth-order valence-corrected chi connectivity index (χ4v) is 6.33. The lowest BCUT2D eigenvalue weighted by molar-refractivity contribution is -0.138. The molecule has 0 spiro atoms. The number of rotatable bonds is 4. The summed E-state index contributed by atoms with van der Waals surface area (Å²) in [6.07, 6.45) is -3.09. The van der Waals surface area contributed by atoms with Gasteiger partial charge in [-0.3, -0.25) is 0 Å². The maximum Gasteiger partial charge on any atom is 0.417 e. The van der Waals surface area contributed by atoms with Crippen molar-refractivity contribution >= 4 is 44.8 Å². The number of alkyl halides is 3. The van der Waals surface area contributed by atoms with E-state index in [1.54, 1.807) is 0 Å². The second-order valence-electron chi connectivity index (χ2n) is 4.95. The van der Waals surface area contributed by atoms with E-state index in [9.17, 15) is 23.1 Å². The molecule has 126 valence electrons. The van der Waals surface area contributed by atoms with Crippen LogP contribution in [0.15, 0.2) is 35.6 Å². The first-order valence-electron chi connectivity index (χ1n) is 6.62. The van der Waals surface area contributed by atoms with E-state index in [0.29, 0.717) is 0 Å². The maximum atomic E-state index is 13.3. The normalized spacial score (nSPS) is 17.2. The van der Waals surface area contributed by atoms with Gasteiger partial charge in [-0.1, -0.05) is 18.2 Å². The smallest absolute Gasteiger partial charge is 0.417 e. The molecule has 3 nitrogen and oxygen atoms in total. The summed E-state index contributed by atoms with van der Waals surface area (Å²) in [5, 5.41) is 10.3. The molecule has 0 saturated heterocycles. The highest BCUT2D eigenvalue weighted by atomic mass is 128. The molecule has 8 heteroatoms. The van der Waals surface area contributed by atoms with Crippen LogP contribution in [-0.4, -0.2) is 21.7 Å². The van der Waals surface area contributed by atoms with Gasteiger partial charge in [-0.05, 0) is 54.3 Å². The number of ether oxygens (including phenoxy) is 1. The van der Waals surface area contributed by atoms with Crippen molar-refractivity contribution in [1.29, 1.82) is 0 Å². The third-order valence-electron chi connectivity index (χ3n) is 3.37. The molecule has 0 aliphatic heterocycles. The van der Waals surface area contributed by atoms with Crippen molar-refractivity contribution in [3.63, 3.8) is 0 Å². The molecule has 0 radical (unpaired) electrons. The fraction of sp³-hybridized carbons (Fsp3) is 0.333. The van der Waals surface area contributed by atoms with Crippen LogP contribution in [0.4, 0.5) is 13.2 Å². The van der Waals surface area contributed by atoms with E-state index >= 15 is 0 Å². The lowest BCUT2D eigenvalue weighted by Gasteiger charge is -2.17. The van der Waals surface area contributed by atoms with Gasteiger partial charge in [-0.25, -0.2) is 4.79 Å². The largest absolute Gasteiger partial charge is 0.511 e. The number of hydrogen-bond acceptors (Lipinski definition) is 3. The molecule has 1 aromatic carbocycles. The van der Waals surface area contributed by atoms with E-state index < -0.39 is 34.5 Å². The zero-order valence-electron chi connectivity index (χ0n) is 12.0. The Morgan fingerprint density at radius 3 is 2.43 bits per heavy atom. The molecule has 23 heavy (non-hydrogen) atoms. The lowest BCUT2D eigenvalue weighted by atomic mass is 9.97. The van der Waals surface area contributed by atoms with Crippen LogP contribution in [0.2, 0.25) is 0 Å². The van der Waals surface area contributed by atoms with E-state index in [1.165, 1.54) is 18.2 Å². The van der Waals surface area contributed by atoms with Crippen LogP contribution in [0, 0.1) is 5.92 Å². The van der Waals surface area contributed by atoms with Crippen molar-refractivity contribution in [2.45, 2.75) is 19.0 Å². The van der Waals surface area contributed by atoms with Crippen LogP contribution in [-0.2, 0) is 15.7 Å². The Kier molecular flexibility index (Phi) is 6.09. The summed E-state index contributed by atoms with van der Waals surface area (Å²) in [7, 11) is 1.15. The fourth-order valence-electron chi connectivity index (χ4n) is 2.10.